The Morgan fingerprint density at radius 2 is 1.83 bits per heavy atom. The SMILES string of the molecule is O=C(N/N=C\c1cc(Br)ccc1O)c1ccc(NC(=O)c2sc3cc([N+](=O)[O-])ccc3c2Cl)cc1. The van der Waals surface area contributed by atoms with Gasteiger partial charge in [-0.3, -0.25) is 19.7 Å². The molecule has 4 aromatic rings. The number of fused-ring (bicyclic) bond motifs is 1. The molecule has 4 rings (SSSR count). The Kier molecular flexibility index (Phi) is 7.10. The molecule has 0 saturated carbocycles. The number of aromatic hydroxyl groups is 1. The fraction of sp³-hybridized carbons (Fsp3) is 0. The highest BCUT2D eigenvalue weighted by Gasteiger charge is 2.19. The molecular formula is C23H14BrClN4O5S. The topological polar surface area (TPSA) is 134 Å². The van der Waals surface area contributed by atoms with Crippen LogP contribution in [0.4, 0.5) is 11.4 Å². The second kappa shape index (κ2) is 10.2. The number of carbonyl (C=O) groups is 2. The molecule has 1 heterocycles. The third-order valence-corrected chi connectivity index (χ3v) is 6.94. The van der Waals surface area contributed by atoms with Crippen molar-refractivity contribution in [2.45, 2.75) is 0 Å². The number of hydrogen-bond donors (Lipinski definition) is 3. The van der Waals surface area contributed by atoms with Crippen LogP contribution in [0, 0.1) is 10.1 Å². The number of rotatable bonds is 6. The first-order chi connectivity index (χ1) is 16.7. The molecule has 0 spiro atoms. The number of amides is 2. The molecule has 2 amide bonds. The fourth-order valence-corrected chi connectivity index (χ4v) is 4.88. The van der Waals surface area contributed by atoms with Gasteiger partial charge in [-0.2, -0.15) is 5.10 Å². The zero-order valence-corrected chi connectivity index (χ0v) is 20.6. The van der Waals surface area contributed by atoms with Gasteiger partial charge in [0.1, 0.15) is 10.6 Å². The van der Waals surface area contributed by atoms with Crippen molar-refractivity contribution in [1.82, 2.24) is 5.43 Å². The fourth-order valence-electron chi connectivity index (χ4n) is 3.06. The van der Waals surface area contributed by atoms with Gasteiger partial charge in [-0.05, 0) is 48.5 Å². The first-order valence-corrected chi connectivity index (χ1v) is 11.8. The standard InChI is InChI=1S/C23H14BrClN4O5S/c24-14-3-8-18(30)13(9-14)11-26-28-22(31)12-1-4-15(5-2-12)27-23(32)21-20(25)17-7-6-16(29(33)34)10-19(17)35-21/h1-11,30H,(H,27,32)(H,28,31)/b26-11-. The van der Waals surface area contributed by atoms with E-state index >= 15 is 0 Å². The number of benzene rings is 3. The predicted molar refractivity (Wildman–Crippen MR) is 139 cm³/mol. The highest BCUT2D eigenvalue weighted by atomic mass is 79.9. The monoisotopic (exact) mass is 572 g/mol. The van der Waals surface area contributed by atoms with Gasteiger partial charge >= 0.3 is 0 Å². The summed E-state index contributed by atoms with van der Waals surface area (Å²) in [5, 5.41) is 28.1. The largest absolute Gasteiger partial charge is 0.507 e. The van der Waals surface area contributed by atoms with Gasteiger partial charge < -0.3 is 10.4 Å². The number of nitrogens with one attached hydrogen (secondary N) is 2. The van der Waals surface area contributed by atoms with Crippen molar-refractivity contribution in [2.24, 2.45) is 5.10 Å². The van der Waals surface area contributed by atoms with E-state index in [2.05, 4.69) is 31.8 Å². The van der Waals surface area contributed by atoms with E-state index in [-0.39, 0.29) is 21.3 Å². The molecule has 0 unspecified atom stereocenters. The van der Waals surface area contributed by atoms with E-state index in [4.69, 9.17) is 11.6 Å². The van der Waals surface area contributed by atoms with Gasteiger partial charge in [0.15, 0.2) is 0 Å². The summed E-state index contributed by atoms with van der Waals surface area (Å²) < 4.78 is 1.28. The van der Waals surface area contributed by atoms with Crippen molar-refractivity contribution in [3.05, 3.63) is 96.3 Å². The zero-order chi connectivity index (χ0) is 25.1. The number of carbonyl (C=O) groups excluding carboxylic acids is 2. The van der Waals surface area contributed by atoms with Crippen molar-refractivity contribution in [3.63, 3.8) is 0 Å². The van der Waals surface area contributed by atoms with Crippen LogP contribution < -0.4 is 10.7 Å². The molecule has 1 aromatic heterocycles. The number of phenolic OH excluding ortho intramolecular Hbond substituents is 1. The Bertz CT molecular complexity index is 1500. The number of hydrazone groups is 1. The van der Waals surface area contributed by atoms with Gasteiger partial charge in [-0.25, -0.2) is 5.43 Å². The third kappa shape index (κ3) is 5.48. The normalized spacial score (nSPS) is 11.0. The predicted octanol–water partition coefficient (Wildman–Crippen LogP) is 5.95. The average Bonchev–Trinajstić information content (AvgIpc) is 3.17. The first-order valence-electron chi connectivity index (χ1n) is 9.82. The second-order valence-corrected chi connectivity index (χ2v) is 9.46. The molecule has 9 nitrogen and oxygen atoms in total. The number of anilines is 1. The van der Waals surface area contributed by atoms with Crippen LogP contribution in [0.1, 0.15) is 25.6 Å². The molecule has 176 valence electrons. The van der Waals surface area contributed by atoms with E-state index in [1.807, 2.05) is 0 Å². The summed E-state index contributed by atoms with van der Waals surface area (Å²) in [5.41, 5.74) is 3.42. The number of nitro benzene ring substituents is 1. The maximum Gasteiger partial charge on any atom is 0.271 e. The minimum Gasteiger partial charge on any atom is -0.507 e. The lowest BCUT2D eigenvalue weighted by molar-refractivity contribution is -0.384. The van der Waals surface area contributed by atoms with Gasteiger partial charge in [-0.15, -0.1) is 11.3 Å². The van der Waals surface area contributed by atoms with Crippen LogP contribution in [0.2, 0.25) is 5.02 Å². The molecule has 0 saturated heterocycles. The van der Waals surface area contributed by atoms with Crippen molar-refractivity contribution in [2.75, 3.05) is 5.32 Å². The van der Waals surface area contributed by atoms with Crippen LogP contribution in [0.15, 0.2) is 70.2 Å². The number of hydrogen-bond acceptors (Lipinski definition) is 7. The summed E-state index contributed by atoms with van der Waals surface area (Å²) >= 11 is 10.7. The molecule has 3 aromatic carbocycles. The molecule has 3 N–H and O–H groups in total. The summed E-state index contributed by atoms with van der Waals surface area (Å²) in [4.78, 5) is 35.7. The highest BCUT2D eigenvalue weighted by Crippen LogP contribution is 2.37. The molecule has 0 bridgehead atoms. The quantitative estimate of drug-likeness (QED) is 0.149. The highest BCUT2D eigenvalue weighted by molar-refractivity contribution is 9.10. The lowest BCUT2D eigenvalue weighted by Gasteiger charge is -2.06. The maximum absolute atomic E-state index is 12.7. The van der Waals surface area contributed by atoms with Gasteiger partial charge in [0.05, 0.1) is 16.2 Å². The molecule has 0 aliphatic carbocycles. The number of nitrogens with zero attached hydrogens (tertiary/aromatic N) is 2. The smallest absolute Gasteiger partial charge is 0.271 e. The molecular weight excluding hydrogens is 560 g/mol. The van der Waals surface area contributed by atoms with E-state index in [0.717, 1.165) is 15.8 Å². The summed E-state index contributed by atoms with van der Waals surface area (Å²) in [6.45, 7) is 0. The zero-order valence-electron chi connectivity index (χ0n) is 17.5. The van der Waals surface area contributed by atoms with Gasteiger partial charge in [-0.1, -0.05) is 27.5 Å². The molecule has 0 radical (unpaired) electrons. The van der Waals surface area contributed by atoms with E-state index in [0.29, 0.717) is 26.9 Å². The van der Waals surface area contributed by atoms with Gasteiger partial charge in [0.25, 0.3) is 17.5 Å². The Labute approximate surface area is 215 Å². The number of nitro groups is 1. The summed E-state index contributed by atoms with van der Waals surface area (Å²) in [6, 6.07) is 15.1. The number of thiophene rings is 1. The van der Waals surface area contributed by atoms with E-state index in [9.17, 15) is 24.8 Å². The van der Waals surface area contributed by atoms with Crippen LogP contribution in [-0.4, -0.2) is 28.1 Å². The van der Waals surface area contributed by atoms with Gasteiger partial charge in [0, 0.05) is 43.5 Å². The molecule has 0 fully saturated rings. The summed E-state index contributed by atoms with van der Waals surface area (Å²) in [6.07, 6.45) is 1.32. The van der Waals surface area contributed by atoms with E-state index in [1.54, 1.807) is 24.3 Å². The van der Waals surface area contributed by atoms with Crippen molar-refractivity contribution < 1.29 is 19.6 Å². The Hall–Kier alpha value is -3.80. The van der Waals surface area contributed by atoms with Gasteiger partial charge in [0.2, 0.25) is 0 Å². The van der Waals surface area contributed by atoms with Crippen LogP contribution in [0.5, 0.6) is 5.75 Å². The Balaban J connectivity index is 1.42. The molecule has 0 atom stereocenters. The second-order valence-electron chi connectivity index (χ2n) is 7.12. The maximum atomic E-state index is 12.7. The molecule has 0 aliphatic rings. The minimum atomic E-state index is -0.513. The lowest BCUT2D eigenvalue weighted by Crippen LogP contribution is -2.17. The van der Waals surface area contributed by atoms with E-state index < -0.39 is 16.7 Å². The molecule has 35 heavy (non-hydrogen) atoms. The number of halogens is 2. The number of phenols is 1. The van der Waals surface area contributed by atoms with Crippen LogP contribution in [0.3, 0.4) is 0 Å². The van der Waals surface area contributed by atoms with Crippen LogP contribution in [-0.2, 0) is 0 Å². The van der Waals surface area contributed by atoms with Crippen molar-refractivity contribution in [3.8, 4) is 5.75 Å². The number of non-ortho nitro benzene ring substituents is 1. The van der Waals surface area contributed by atoms with Crippen molar-refractivity contribution in [1.29, 1.82) is 0 Å². The summed E-state index contributed by atoms with van der Waals surface area (Å²) in [7, 11) is 0. The lowest BCUT2D eigenvalue weighted by atomic mass is 10.2. The third-order valence-electron chi connectivity index (χ3n) is 4.79. The van der Waals surface area contributed by atoms with Crippen LogP contribution >= 0.6 is 38.9 Å². The Morgan fingerprint density at radius 1 is 1.09 bits per heavy atom. The summed E-state index contributed by atoms with van der Waals surface area (Å²) in [5.74, 6) is -0.944. The van der Waals surface area contributed by atoms with Crippen LogP contribution in [0.25, 0.3) is 10.1 Å². The van der Waals surface area contributed by atoms with Crippen molar-refractivity contribution >= 4 is 78.4 Å². The molecule has 12 heteroatoms. The molecule has 0 aliphatic heterocycles. The minimum absolute atomic E-state index is 0.0169. The van der Waals surface area contributed by atoms with E-state index in [1.165, 1.54) is 42.6 Å². The first kappa shape index (κ1) is 24.3. The Morgan fingerprint density at radius 3 is 2.54 bits per heavy atom. The average molecular weight is 574 g/mol.